The molecule has 0 aliphatic carbocycles. The van der Waals surface area contributed by atoms with Crippen LogP contribution in [0.1, 0.15) is 33.5 Å². The largest absolute Gasteiger partial charge is 0.289 e. The van der Waals surface area contributed by atoms with Crippen molar-refractivity contribution in [3.05, 3.63) is 65.0 Å². The number of aryl methyl sites for hydroxylation is 1. The molecule has 0 fully saturated rings. The first-order valence-electron chi connectivity index (χ1n) is 5.43. The zero-order valence-corrected chi connectivity index (χ0v) is 9.73. The van der Waals surface area contributed by atoms with Gasteiger partial charge in [0.25, 0.3) is 6.43 Å². The highest BCUT2D eigenvalue weighted by atomic mass is 19.3. The van der Waals surface area contributed by atoms with E-state index in [2.05, 4.69) is 4.98 Å². The summed E-state index contributed by atoms with van der Waals surface area (Å²) >= 11 is 0. The number of halogens is 2. The molecule has 1 heterocycles. The molecule has 0 saturated carbocycles. The summed E-state index contributed by atoms with van der Waals surface area (Å²) in [6.45, 7) is 1.65. The predicted octanol–water partition coefficient (Wildman–Crippen LogP) is 3.56. The molecule has 0 spiro atoms. The Morgan fingerprint density at radius 2 is 1.83 bits per heavy atom. The van der Waals surface area contributed by atoms with E-state index in [1.165, 1.54) is 36.7 Å². The lowest BCUT2D eigenvalue weighted by Crippen LogP contribution is -2.08. The Labute approximate surface area is 103 Å². The fraction of sp³-hybridized carbons (Fsp3) is 0.143. The number of carbonyl (C=O) groups excluding carboxylic acids is 1. The number of pyridine rings is 1. The van der Waals surface area contributed by atoms with E-state index < -0.39 is 12.2 Å². The van der Waals surface area contributed by atoms with Crippen molar-refractivity contribution < 1.29 is 13.6 Å². The first-order chi connectivity index (χ1) is 8.61. The normalized spacial score (nSPS) is 10.7. The maximum absolute atomic E-state index is 12.9. The number of rotatable bonds is 3. The standard InChI is InChI=1S/C14H11F2NO/c1-9-3-2-4-11(14(15)16)12(9)13(18)10-5-7-17-8-6-10/h2-8,14H,1H3. The van der Waals surface area contributed by atoms with E-state index in [1.807, 2.05) is 0 Å². The van der Waals surface area contributed by atoms with E-state index in [1.54, 1.807) is 13.0 Å². The summed E-state index contributed by atoms with van der Waals surface area (Å²) in [4.78, 5) is 16.0. The first kappa shape index (κ1) is 12.4. The molecule has 0 unspecified atom stereocenters. The Balaban J connectivity index is 2.54. The number of ketones is 1. The molecule has 0 aliphatic rings. The number of alkyl halides is 2. The Morgan fingerprint density at radius 3 is 2.44 bits per heavy atom. The van der Waals surface area contributed by atoms with Crippen LogP contribution in [0.4, 0.5) is 8.78 Å². The summed E-state index contributed by atoms with van der Waals surface area (Å²) in [7, 11) is 0. The zero-order chi connectivity index (χ0) is 13.1. The number of hydrogen-bond donors (Lipinski definition) is 0. The van der Waals surface area contributed by atoms with Crippen LogP contribution in [0.3, 0.4) is 0 Å². The Hall–Kier alpha value is -2.10. The molecule has 2 nitrogen and oxygen atoms in total. The smallest absolute Gasteiger partial charge is 0.264 e. The minimum atomic E-state index is -2.66. The molecule has 0 bridgehead atoms. The van der Waals surface area contributed by atoms with Crippen LogP contribution in [0.5, 0.6) is 0 Å². The fourth-order valence-corrected chi connectivity index (χ4v) is 1.83. The molecule has 2 rings (SSSR count). The monoisotopic (exact) mass is 247 g/mol. The van der Waals surface area contributed by atoms with Gasteiger partial charge in [0.05, 0.1) is 0 Å². The van der Waals surface area contributed by atoms with Gasteiger partial charge in [-0.05, 0) is 24.6 Å². The molecule has 18 heavy (non-hydrogen) atoms. The summed E-state index contributed by atoms with van der Waals surface area (Å²) < 4.78 is 25.8. The fourth-order valence-electron chi connectivity index (χ4n) is 1.83. The van der Waals surface area contributed by atoms with Gasteiger partial charge < -0.3 is 0 Å². The minimum Gasteiger partial charge on any atom is -0.289 e. The van der Waals surface area contributed by atoms with Gasteiger partial charge in [-0.15, -0.1) is 0 Å². The topological polar surface area (TPSA) is 30.0 Å². The van der Waals surface area contributed by atoms with Crippen LogP contribution in [0.25, 0.3) is 0 Å². The van der Waals surface area contributed by atoms with Gasteiger partial charge in [-0.3, -0.25) is 9.78 Å². The Bertz CT molecular complexity index is 567. The summed E-state index contributed by atoms with van der Waals surface area (Å²) in [5, 5.41) is 0. The van der Waals surface area contributed by atoms with Gasteiger partial charge in [0.1, 0.15) is 0 Å². The zero-order valence-electron chi connectivity index (χ0n) is 9.73. The number of carbonyl (C=O) groups is 1. The van der Waals surface area contributed by atoms with Crippen LogP contribution >= 0.6 is 0 Å². The minimum absolute atomic E-state index is 0.0821. The van der Waals surface area contributed by atoms with Gasteiger partial charge >= 0.3 is 0 Å². The van der Waals surface area contributed by atoms with E-state index in [0.717, 1.165) is 0 Å². The summed E-state index contributed by atoms with van der Waals surface area (Å²) in [6, 6.07) is 7.50. The summed E-state index contributed by atoms with van der Waals surface area (Å²) in [5.74, 6) is -0.397. The number of aromatic nitrogens is 1. The van der Waals surface area contributed by atoms with Gasteiger partial charge in [-0.25, -0.2) is 8.78 Å². The lowest BCUT2D eigenvalue weighted by Gasteiger charge is -2.10. The third-order valence-electron chi connectivity index (χ3n) is 2.71. The van der Waals surface area contributed by atoms with Gasteiger partial charge in [-0.1, -0.05) is 18.2 Å². The van der Waals surface area contributed by atoms with E-state index in [9.17, 15) is 13.6 Å². The molecule has 0 saturated heterocycles. The second-order valence-electron chi connectivity index (χ2n) is 3.90. The van der Waals surface area contributed by atoms with Crippen molar-refractivity contribution in [2.45, 2.75) is 13.3 Å². The maximum Gasteiger partial charge on any atom is 0.264 e. The molecule has 0 atom stereocenters. The number of benzene rings is 1. The van der Waals surface area contributed by atoms with E-state index in [-0.39, 0.29) is 11.1 Å². The molecule has 92 valence electrons. The number of hydrogen-bond acceptors (Lipinski definition) is 2. The molecule has 2 aromatic rings. The highest BCUT2D eigenvalue weighted by Gasteiger charge is 2.20. The average Bonchev–Trinajstić information content (AvgIpc) is 2.38. The van der Waals surface area contributed by atoms with E-state index in [0.29, 0.717) is 11.1 Å². The van der Waals surface area contributed by atoms with E-state index >= 15 is 0 Å². The van der Waals surface area contributed by atoms with Crippen molar-refractivity contribution in [3.8, 4) is 0 Å². The Kier molecular flexibility index (Phi) is 3.46. The van der Waals surface area contributed by atoms with Gasteiger partial charge in [0.2, 0.25) is 0 Å². The molecule has 0 radical (unpaired) electrons. The number of nitrogens with zero attached hydrogens (tertiary/aromatic N) is 1. The maximum atomic E-state index is 12.9. The molecule has 0 N–H and O–H groups in total. The molecule has 4 heteroatoms. The van der Waals surface area contributed by atoms with E-state index in [4.69, 9.17) is 0 Å². The van der Waals surface area contributed by atoms with Gasteiger partial charge in [-0.2, -0.15) is 0 Å². The predicted molar refractivity (Wildman–Crippen MR) is 63.8 cm³/mol. The van der Waals surface area contributed by atoms with Crippen molar-refractivity contribution in [3.63, 3.8) is 0 Å². The highest BCUT2D eigenvalue weighted by Crippen LogP contribution is 2.27. The SMILES string of the molecule is Cc1cccc(C(F)F)c1C(=O)c1ccncc1. The molecule has 1 aromatic heterocycles. The second kappa shape index (κ2) is 5.04. The molecule has 1 aromatic carbocycles. The lowest BCUT2D eigenvalue weighted by molar-refractivity contribution is 0.102. The molecule has 0 amide bonds. The molecule has 0 aliphatic heterocycles. The Morgan fingerprint density at radius 1 is 1.17 bits per heavy atom. The highest BCUT2D eigenvalue weighted by molar-refractivity contribution is 6.10. The lowest BCUT2D eigenvalue weighted by atomic mass is 9.95. The van der Waals surface area contributed by atoms with Crippen molar-refractivity contribution in [2.24, 2.45) is 0 Å². The van der Waals surface area contributed by atoms with Gasteiger partial charge in [0.15, 0.2) is 5.78 Å². The summed E-state index contributed by atoms with van der Waals surface area (Å²) in [5.41, 5.74) is 0.770. The molecular formula is C14H11F2NO. The van der Waals surface area contributed by atoms with Crippen LogP contribution in [-0.4, -0.2) is 10.8 Å². The van der Waals surface area contributed by atoms with Crippen molar-refractivity contribution in [1.29, 1.82) is 0 Å². The third kappa shape index (κ3) is 2.27. The van der Waals surface area contributed by atoms with Crippen molar-refractivity contribution in [1.82, 2.24) is 4.98 Å². The van der Waals surface area contributed by atoms with Crippen LogP contribution in [0.15, 0.2) is 42.7 Å². The third-order valence-corrected chi connectivity index (χ3v) is 2.71. The van der Waals surface area contributed by atoms with Crippen LogP contribution in [0, 0.1) is 6.92 Å². The molecular weight excluding hydrogens is 236 g/mol. The first-order valence-corrected chi connectivity index (χ1v) is 5.43. The van der Waals surface area contributed by atoms with Crippen molar-refractivity contribution >= 4 is 5.78 Å². The average molecular weight is 247 g/mol. The summed E-state index contributed by atoms with van der Waals surface area (Å²) in [6.07, 6.45) is 0.270. The van der Waals surface area contributed by atoms with Crippen LogP contribution < -0.4 is 0 Å². The van der Waals surface area contributed by atoms with Gasteiger partial charge in [0, 0.05) is 29.1 Å². The quantitative estimate of drug-likeness (QED) is 0.776. The van der Waals surface area contributed by atoms with Crippen molar-refractivity contribution in [2.75, 3.05) is 0 Å². The second-order valence-corrected chi connectivity index (χ2v) is 3.90. The van der Waals surface area contributed by atoms with Crippen LogP contribution in [-0.2, 0) is 0 Å². The van der Waals surface area contributed by atoms with Crippen LogP contribution in [0.2, 0.25) is 0 Å².